The van der Waals surface area contributed by atoms with Gasteiger partial charge in [0.1, 0.15) is 85.5 Å². The van der Waals surface area contributed by atoms with E-state index in [4.69, 9.17) is 37.9 Å². The minimum absolute atomic E-state index is 0.0325. The van der Waals surface area contributed by atoms with Gasteiger partial charge in [0.2, 0.25) is 0 Å². The zero-order chi connectivity index (χ0) is 58.2. The Hall–Kier alpha value is -1.71. The highest BCUT2D eigenvalue weighted by atomic mass is 16.8. The molecule has 4 heterocycles. The number of aliphatic hydroxyl groups is 15. The van der Waals surface area contributed by atoms with Crippen LogP contribution < -0.4 is 0 Å². The van der Waals surface area contributed by atoms with Gasteiger partial charge >= 0.3 is 5.97 Å². The van der Waals surface area contributed by atoms with E-state index in [9.17, 15) is 86.5 Å². The van der Waals surface area contributed by atoms with Gasteiger partial charge in [-0.1, -0.05) is 60.1 Å². The summed E-state index contributed by atoms with van der Waals surface area (Å²) in [6.07, 6.45) is -36.3. The lowest BCUT2D eigenvalue weighted by Crippen LogP contribution is -2.71. The Bertz CT molecular complexity index is 2200. The average molecular weight is 1140 g/mol. The molecule has 25 nitrogen and oxygen atoms in total. The molecule has 0 aromatic heterocycles. The van der Waals surface area contributed by atoms with Gasteiger partial charge in [-0.3, -0.25) is 0 Å². The van der Waals surface area contributed by atoms with Crippen LogP contribution in [0, 0.1) is 50.2 Å². The highest BCUT2D eigenvalue weighted by Gasteiger charge is 2.73. The average Bonchev–Trinajstić information content (AvgIpc) is 3.40. The first-order valence-corrected chi connectivity index (χ1v) is 28.0. The molecule has 9 aliphatic rings. The van der Waals surface area contributed by atoms with Crippen LogP contribution in [-0.4, -0.2) is 255 Å². The molecule has 25 heteroatoms. The second kappa shape index (κ2) is 22.0. The third-order valence-electron chi connectivity index (χ3n) is 21.8. The van der Waals surface area contributed by atoms with Crippen molar-refractivity contribution in [2.75, 3.05) is 19.8 Å². The smallest absolute Gasteiger partial charge is 0.335 e. The maximum Gasteiger partial charge on any atom is 0.335 e. The van der Waals surface area contributed by atoms with Crippen molar-refractivity contribution in [1.82, 2.24) is 0 Å². The second-order valence-electron chi connectivity index (χ2n) is 26.5. The molecule has 4 saturated carbocycles. The summed E-state index contributed by atoms with van der Waals surface area (Å²) in [7, 11) is 0. The van der Waals surface area contributed by atoms with Crippen LogP contribution >= 0.6 is 0 Å². The van der Waals surface area contributed by atoms with Crippen molar-refractivity contribution in [1.29, 1.82) is 0 Å². The molecule has 5 aliphatic carbocycles. The quantitative estimate of drug-likeness (QED) is 0.0665. The summed E-state index contributed by atoms with van der Waals surface area (Å²) < 4.78 is 48.9. The molecule has 0 radical (unpaired) electrons. The topological polar surface area (TPSA) is 415 Å². The maximum atomic E-state index is 13.1. The van der Waals surface area contributed by atoms with Crippen molar-refractivity contribution in [3.05, 3.63) is 11.6 Å². The minimum Gasteiger partial charge on any atom is -0.479 e. The molecule has 4 aliphatic heterocycles. The Balaban J connectivity index is 1.05. The number of aliphatic carboxylic acids is 1. The first-order valence-electron chi connectivity index (χ1n) is 28.0. The van der Waals surface area contributed by atoms with Crippen LogP contribution in [0.25, 0.3) is 0 Å². The monoisotopic (exact) mass is 1140 g/mol. The number of ether oxygens (including phenoxy) is 8. The van der Waals surface area contributed by atoms with Crippen LogP contribution in [-0.2, 0) is 42.7 Å². The number of hydrogen-bond acceptors (Lipinski definition) is 24. The van der Waals surface area contributed by atoms with E-state index in [2.05, 4.69) is 26.8 Å². The predicted molar refractivity (Wildman–Crippen MR) is 266 cm³/mol. The molecule has 16 N–H and O–H groups in total. The van der Waals surface area contributed by atoms with E-state index in [1.165, 1.54) is 6.92 Å². The summed E-state index contributed by atoms with van der Waals surface area (Å²) >= 11 is 0. The molecular formula is C54H88O25. The fourth-order valence-corrected chi connectivity index (χ4v) is 16.8. The van der Waals surface area contributed by atoms with Crippen LogP contribution in [0.1, 0.15) is 100 Å². The Morgan fingerprint density at radius 1 is 0.582 bits per heavy atom. The molecule has 0 spiro atoms. The third kappa shape index (κ3) is 9.61. The minimum atomic E-state index is -2.26. The number of rotatable bonds is 12. The molecular weight excluding hydrogens is 1050 g/mol. The first-order chi connectivity index (χ1) is 36.8. The van der Waals surface area contributed by atoms with Crippen molar-refractivity contribution < 1.29 is 124 Å². The zero-order valence-electron chi connectivity index (χ0n) is 46.1. The number of carboxylic acids is 1. The molecule has 9 rings (SSSR count). The predicted octanol–water partition coefficient (Wildman–Crippen LogP) is -3.53. The van der Waals surface area contributed by atoms with E-state index in [0.717, 1.165) is 5.57 Å². The molecule has 5 unspecified atom stereocenters. The fraction of sp³-hybridized carbons (Fsp3) is 0.944. The van der Waals surface area contributed by atoms with Crippen LogP contribution in [0.15, 0.2) is 11.6 Å². The summed E-state index contributed by atoms with van der Waals surface area (Å²) in [4.78, 5) is 13.1. The maximum absolute atomic E-state index is 13.1. The summed E-state index contributed by atoms with van der Waals surface area (Å²) in [5, 5.41) is 177. The van der Waals surface area contributed by atoms with E-state index in [-0.39, 0.29) is 18.3 Å². The summed E-state index contributed by atoms with van der Waals surface area (Å²) in [6, 6.07) is 0. The van der Waals surface area contributed by atoms with Gasteiger partial charge in [0.25, 0.3) is 0 Å². The molecule has 31 atom stereocenters. The van der Waals surface area contributed by atoms with Crippen LogP contribution in [0.3, 0.4) is 0 Å². The fourth-order valence-electron chi connectivity index (χ4n) is 16.8. The Morgan fingerprint density at radius 3 is 1.75 bits per heavy atom. The van der Waals surface area contributed by atoms with Crippen LogP contribution in [0.2, 0.25) is 0 Å². The Morgan fingerprint density at radius 2 is 1.14 bits per heavy atom. The number of carboxylic acid groups (broad SMARTS) is 1. The van der Waals surface area contributed by atoms with Gasteiger partial charge in [-0.05, 0) is 96.7 Å². The molecule has 0 aromatic rings. The van der Waals surface area contributed by atoms with E-state index >= 15 is 0 Å². The Labute approximate surface area is 458 Å². The van der Waals surface area contributed by atoms with Crippen molar-refractivity contribution in [2.45, 2.75) is 248 Å². The highest BCUT2D eigenvalue weighted by Crippen LogP contribution is 2.76. The molecule has 454 valence electrons. The van der Waals surface area contributed by atoms with Gasteiger partial charge in [0, 0.05) is 0 Å². The zero-order valence-corrected chi connectivity index (χ0v) is 46.1. The lowest BCUT2D eigenvalue weighted by Gasteiger charge is -2.72. The normalized spacial score (nSPS) is 55.3. The van der Waals surface area contributed by atoms with E-state index in [1.54, 1.807) is 0 Å². The standard InChI is InChI=1S/C54H88O25/c1-20-29(59)32(62)35(65)45(72-20)78-40-34(64)31(61)24(18-56)74-47(40)76-38-37(67)39(44(70)71)77-48(41(38)79-46-36(66)33(63)30(60)23(17-55)73-46)75-28-12-13-51(6)25(50(28,4)5)11-14-52(7)26(51)10-9-21-22-15-49(2,3)42(68)43(69)54(22,19-57)27(58)16-53(21,52)8/h9,20,22-43,45-48,55-69H,10-19H2,1-8H3,(H,70,71)/t20-,22-,23?,24+,25-,26+,27+,28-,29-,30?,31-,32+,33?,34-,35+,36?,37-,38-,39-,40+,41+,42-,43-,45-,46?,47-,48+,51-,52+,53+,54-/m0/s1. The van der Waals surface area contributed by atoms with Crippen molar-refractivity contribution in [3.8, 4) is 0 Å². The van der Waals surface area contributed by atoms with Crippen LogP contribution in [0.4, 0.5) is 0 Å². The van der Waals surface area contributed by atoms with Gasteiger partial charge in [0.05, 0.1) is 55.8 Å². The first kappa shape index (κ1) is 61.8. The molecule has 0 bridgehead atoms. The van der Waals surface area contributed by atoms with Gasteiger partial charge in [-0.25, -0.2) is 4.79 Å². The molecule has 79 heavy (non-hydrogen) atoms. The lowest BCUT2D eigenvalue weighted by molar-refractivity contribution is -0.406. The molecule has 8 fully saturated rings. The number of carbonyl (C=O) groups is 1. The number of aliphatic hydroxyl groups excluding tert-OH is 15. The molecule has 0 amide bonds. The van der Waals surface area contributed by atoms with Gasteiger partial charge in [-0.2, -0.15) is 0 Å². The van der Waals surface area contributed by atoms with E-state index < -0.39 is 211 Å². The van der Waals surface area contributed by atoms with Crippen molar-refractivity contribution in [3.63, 3.8) is 0 Å². The largest absolute Gasteiger partial charge is 0.479 e. The van der Waals surface area contributed by atoms with Crippen LogP contribution in [0.5, 0.6) is 0 Å². The van der Waals surface area contributed by atoms with E-state index in [1.807, 2.05) is 27.7 Å². The molecule has 0 aromatic carbocycles. The summed E-state index contributed by atoms with van der Waals surface area (Å²) in [6.45, 7) is 13.6. The summed E-state index contributed by atoms with van der Waals surface area (Å²) in [5.41, 5.74) is -3.17. The van der Waals surface area contributed by atoms with Gasteiger partial charge in [-0.15, -0.1) is 0 Å². The number of allylic oxidation sites excluding steroid dienone is 2. The Kier molecular flexibility index (Phi) is 17.2. The third-order valence-corrected chi connectivity index (χ3v) is 21.8. The lowest BCUT2D eigenvalue weighted by atomic mass is 9.33. The highest BCUT2D eigenvalue weighted by molar-refractivity contribution is 5.73. The SMILES string of the molecule is C[C@@H]1O[C@@H](O[C@H]2[C@H](O[C@H]3[C@H](O)[C@@H](C(=O)O)O[C@@H](O[C@H]4CC[C@]5(C)[C@H]6CC=C7[C@@H]8CC(C)(C)[C@@H](O)[C@H](O)[C@]8(CO)[C@H](O)C[C@@]7(C)[C@]6(C)CC[C@H]5C4(C)C)[C@@H]3OC3OC(CO)C(O)C(O)C3O)O[C@H](CO)[C@H](O)[C@@H]2O)[C@H](O)[C@H](O)[C@H]1O. The number of fused-ring (bicyclic) bond motifs is 7. The molecule has 4 saturated heterocycles. The van der Waals surface area contributed by atoms with Crippen molar-refractivity contribution in [2.24, 2.45) is 50.2 Å². The van der Waals surface area contributed by atoms with Gasteiger partial charge < -0.3 is 120 Å². The van der Waals surface area contributed by atoms with Crippen molar-refractivity contribution >= 4 is 5.97 Å². The second-order valence-corrected chi connectivity index (χ2v) is 26.5. The van der Waals surface area contributed by atoms with E-state index in [0.29, 0.717) is 38.5 Å². The summed E-state index contributed by atoms with van der Waals surface area (Å²) in [5.74, 6) is -2.19. The van der Waals surface area contributed by atoms with Gasteiger partial charge in [0.15, 0.2) is 31.3 Å². The number of hydrogen-bond donors (Lipinski definition) is 16.